The molecule has 3 heteroatoms. The third-order valence-corrected chi connectivity index (χ3v) is 2.64. The maximum atomic E-state index is 5.78. The van der Waals surface area contributed by atoms with Gasteiger partial charge in [-0.25, -0.2) is 0 Å². The van der Waals surface area contributed by atoms with Crippen LogP contribution in [0.25, 0.3) is 11.0 Å². The number of nitrogens with two attached hydrogens (primary N) is 1. The van der Waals surface area contributed by atoms with Crippen LogP contribution in [0.5, 0.6) is 0 Å². The second-order valence-corrected chi connectivity index (χ2v) is 4.05. The van der Waals surface area contributed by atoms with Crippen molar-refractivity contribution in [3.05, 3.63) is 35.6 Å². The second-order valence-electron chi connectivity index (χ2n) is 4.05. The van der Waals surface area contributed by atoms with Crippen LogP contribution in [-0.2, 0) is 11.2 Å². The second kappa shape index (κ2) is 4.68. The van der Waals surface area contributed by atoms with Crippen LogP contribution in [0.4, 0.5) is 0 Å². The van der Waals surface area contributed by atoms with Crippen molar-refractivity contribution in [3.63, 3.8) is 0 Å². The van der Waals surface area contributed by atoms with Gasteiger partial charge in [0, 0.05) is 12.5 Å². The Kier molecular flexibility index (Phi) is 3.27. The standard InChI is InChI=1S/C13H17NO2/c1-9(14)13-8-11-7-10(5-6-15-2)3-4-12(11)16-13/h3-4,7-9H,5-6,14H2,1-2H3. The molecule has 1 aromatic carbocycles. The zero-order chi connectivity index (χ0) is 11.5. The van der Waals surface area contributed by atoms with Crippen LogP contribution < -0.4 is 5.73 Å². The van der Waals surface area contributed by atoms with Crippen molar-refractivity contribution >= 4 is 11.0 Å². The van der Waals surface area contributed by atoms with Crippen molar-refractivity contribution in [2.45, 2.75) is 19.4 Å². The molecule has 1 atom stereocenters. The minimum Gasteiger partial charge on any atom is -0.459 e. The van der Waals surface area contributed by atoms with Crippen LogP contribution in [0.15, 0.2) is 28.7 Å². The van der Waals surface area contributed by atoms with Crippen molar-refractivity contribution in [2.75, 3.05) is 13.7 Å². The summed E-state index contributed by atoms with van der Waals surface area (Å²) in [4.78, 5) is 0. The van der Waals surface area contributed by atoms with Gasteiger partial charge < -0.3 is 14.9 Å². The summed E-state index contributed by atoms with van der Waals surface area (Å²) in [6.07, 6.45) is 0.922. The molecule has 2 N–H and O–H groups in total. The van der Waals surface area contributed by atoms with E-state index in [1.807, 2.05) is 19.1 Å². The van der Waals surface area contributed by atoms with Gasteiger partial charge in [0.15, 0.2) is 0 Å². The van der Waals surface area contributed by atoms with Gasteiger partial charge in [0.2, 0.25) is 0 Å². The molecule has 0 saturated carbocycles. The Balaban J connectivity index is 2.30. The molecule has 1 heterocycles. The SMILES string of the molecule is COCCc1ccc2oc(C(C)N)cc2c1. The van der Waals surface area contributed by atoms with Gasteiger partial charge in [-0.2, -0.15) is 0 Å². The molecule has 1 unspecified atom stereocenters. The smallest absolute Gasteiger partial charge is 0.134 e. The molecule has 0 radical (unpaired) electrons. The highest BCUT2D eigenvalue weighted by Crippen LogP contribution is 2.23. The Morgan fingerprint density at radius 3 is 2.88 bits per heavy atom. The van der Waals surface area contributed by atoms with Gasteiger partial charge in [0.1, 0.15) is 11.3 Å². The monoisotopic (exact) mass is 219 g/mol. The number of fused-ring (bicyclic) bond motifs is 1. The number of hydrogen-bond acceptors (Lipinski definition) is 3. The Morgan fingerprint density at radius 1 is 1.38 bits per heavy atom. The van der Waals surface area contributed by atoms with E-state index in [-0.39, 0.29) is 6.04 Å². The van der Waals surface area contributed by atoms with Crippen molar-refractivity contribution in [1.82, 2.24) is 0 Å². The minimum absolute atomic E-state index is 0.0603. The zero-order valence-corrected chi connectivity index (χ0v) is 9.69. The quantitative estimate of drug-likeness (QED) is 0.860. The normalized spacial score (nSPS) is 13.2. The fraction of sp³-hybridized carbons (Fsp3) is 0.385. The largest absolute Gasteiger partial charge is 0.459 e. The van der Waals surface area contributed by atoms with E-state index in [9.17, 15) is 0 Å². The molecule has 0 bridgehead atoms. The maximum absolute atomic E-state index is 5.78. The third kappa shape index (κ3) is 2.26. The summed E-state index contributed by atoms with van der Waals surface area (Å²) in [5.74, 6) is 0.832. The topological polar surface area (TPSA) is 48.4 Å². The van der Waals surface area contributed by atoms with Crippen LogP contribution in [0, 0.1) is 0 Å². The molecule has 0 fully saturated rings. The van der Waals surface area contributed by atoms with Gasteiger partial charge in [-0.05, 0) is 37.1 Å². The average molecular weight is 219 g/mol. The zero-order valence-electron chi connectivity index (χ0n) is 9.69. The highest BCUT2D eigenvalue weighted by molar-refractivity contribution is 5.78. The highest BCUT2D eigenvalue weighted by Gasteiger charge is 2.07. The maximum Gasteiger partial charge on any atom is 0.134 e. The van der Waals surface area contributed by atoms with E-state index in [0.717, 1.165) is 29.8 Å². The molecular weight excluding hydrogens is 202 g/mol. The molecule has 0 saturated heterocycles. The van der Waals surface area contributed by atoms with Gasteiger partial charge >= 0.3 is 0 Å². The van der Waals surface area contributed by atoms with Crippen LogP contribution in [0.3, 0.4) is 0 Å². The van der Waals surface area contributed by atoms with E-state index in [1.165, 1.54) is 5.56 Å². The summed E-state index contributed by atoms with van der Waals surface area (Å²) in [6.45, 7) is 2.66. The number of ether oxygens (including phenoxy) is 1. The fourth-order valence-corrected chi connectivity index (χ4v) is 1.71. The lowest BCUT2D eigenvalue weighted by atomic mass is 10.1. The van der Waals surface area contributed by atoms with Crippen LogP contribution in [-0.4, -0.2) is 13.7 Å². The lowest BCUT2D eigenvalue weighted by molar-refractivity contribution is 0.202. The van der Waals surface area contributed by atoms with E-state index >= 15 is 0 Å². The highest BCUT2D eigenvalue weighted by atomic mass is 16.5. The molecule has 0 aliphatic rings. The lowest BCUT2D eigenvalue weighted by Gasteiger charge is -1.99. The first-order valence-corrected chi connectivity index (χ1v) is 5.47. The number of furan rings is 1. The van der Waals surface area contributed by atoms with Gasteiger partial charge in [-0.1, -0.05) is 6.07 Å². The summed E-state index contributed by atoms with van der Waals surface area (Å²) >= 11 is 0. The van der Waals surface area contributed by atoms with Crippen LogP contribution >= 0.6 is 0 Å². The summed E-state index contributed by atoms with van der Waals surface area (Å²) in [5, 5.41) is 1.11. The molecule has 86 valence electrons. The first-order valence-electron chi connectivity index (χ1n) is 5.47. The first-order chi connectivity index (χ1) is 7.70. The number of benzene rings is 1. The lowest BCUT2D eigenvalue weighted by Crippen LogP contribution is -2.02. The number of hydrogen-bond donors (Lipinski definition) is 1. The van der Waals surface area contributed by atoms with Gasteiger partial charge in [0.05, 0.1) is 12.6 Å². The van der Waals surface area contributed by atoms with Gasteiger partial charge in [-0.3, -0.25) is 0 Å². The summed E-state index contributed by atoms with van der Waals surface area (Å²) in [5.41, 5.74) is 7.93. The molecule has 1 aromatic heterocycles. The van der Waals surface area contributed by atoms with Crippen molar-refractivity contribution < 1.29 is 9.15 Å². The van der Waals surface area contributed by atoms with Crippen LogP contribution in [0.2, 0.25) is 0 Å². The van der Waals surface area contributed by atoms with Crippen molar-refractivity contribution in [2.24, 2.45) is 5.73 Å². The average Bonchev–Trinajstić information content (AvgIpc) is 2.69. The van der Waals surface area contributed by atoms with Crippen LogP contribution in [0.1, 0.15) is 24.3 Å². The Bertz CT molecular complexity index is 474. The molecule has 0 amide bonds. The van der Waals surface area contributed by atoms with E-state index in [2.05, 4.69) is 12.1 Å². The molecule has 3 nitrogen and oxygen atoms in total. The Morgan fingerprint density at radius 2 is 2.19 bits per heavy atom. The minimum atomic E-state index is -0.0603. The third-order valence-electron chi connectivity index (χ3n) is 2.64. The van der Waals surface area contributed by atoms with Gasteiger partial charge in [0.25, 0.3) is 0 Å². The number of rotatable bonds is 4. The number of methoxy groups -OCH3 is 1. The molecule has 0 aliphatic heterocycles. The predicted octanol–water partition coefficient (Wildman–Crippen LogP) is 2.64. The van der Waals surface area contributed by atoms with E-state index in [4.69, 9.17) is 14.9 Å². The fourth-order valence-electron chi connectivity index (χ4n) is 1.71. The molecule has 0 spiro atoms. The Labute approximate surface area is 95.2 Å². The molecular formula is C13H17NO2. The van der Waals surface area contributed by atoms with Crippen molar-refractivity contribution in [1.29, 1.82) is 0 Å². The molecule has 16 heavy (non-hydrogen) atoms. The van der Waals surface area contributed by atoms with E-state index < -0.39 is 0 Å². The van der Waals surface area contributed by atoms with Gasteiger partial charge in [-0.15, -0.1) is 0 Å². The predicted molar refractivity (Wildman–Crippen MR) is 64.4 cm³/mol. The molecule has 2 aromatic rings. The summed E-state index contributed by atoms with van der Waals surface area (Å²) in [7, 11) is 1.71. The summed E-state index contributed by atoms with van der Waals surface area (Å²) < 4.78 is 10.7. The van der Waals surface area contributed by atoms with Crippen molar-refractivity contribution in [3.8, 4) is 0 Å². The summed E-state index contributed by atoms with van der Waals surface area (Å²) in [6, 6.07) is 8.14. The first kappa shape index (κ1) is 11.2. The molecule has 0 aliphatic carbocycles. The van der Waals surface area contributed by atoms with E-state index in [1.54, 1.807) is 7.11 Å². The Hall–Kier alpha value is -1.32. The van der Waals surface area contributed by atoms with E-state index in [0.29, 0.717) is 0 Å². The molecule has 2 rings (SSSR count).